The number of benzene rings is 1. The van der Waals surface area contributed by atoms with Gasteiger partial charge in [-0.2, -0.15) is 0 Å². The Labute approximate surface area is 196 Å². The van der Waals surface area contributed by atoms with Gasteiger partial charge in [0.2, 0.25) is 5.91 Å². The average molecular weight is 476 g/mol. The highest BCUT2D eigenvalue weighted by molar-refractivity contribution is 7.99. The van der Waals surface area contributed by atoms with Gasteiger partial charge in [0.15, 0.2) is 11.0 Å². The third-order valence-electron chi connectivity index (χ3n) is 5.54. The second kappa shape index (κ2) is 9.59. The van der Waals surface area contributed by atoms with Gasteiger partial charge in [0, 0.05) is 30.0 Å². The highest BCUT2D eigenvalue weighted by atomic mass is 35.5. The largest absolute Gasteiger partial charge is 0.337 e. The number of rotatable bonds is 5. The molecule has 1 amide bonds. The van der Waals surface area contributed by atoms with Crippen molar-refractivity contribution < 1.29 is 4.79 Å². The predicted octanol–water partition coefficient (Wildman–Crippen LogP) is 5.52. The smallest absolute Gasteiger partial charge is 0.233 e. The van der Waals surface area contributed by atoms with Crippen molar-refractivity contribution >= 4 is 40.9 Å². The Morgan fingerprint density at radius 3 is 2.45 bits per heavy atom. The number of thioether (sulfide) groups is 1. The van der Waals surface area contributed by atoms with Gasteiger partial charge in [-0.25, -0.2) is 0 Å². The van der Waals surface area contributed by atoms with Gasteiger partial charge in [0.25, 0.3) is 0 Å². The number of aromatic nitrogens is 4. The van der Waals surface area contributed by atoms with Gasteiger partial charge < -0.3 is 4.90 Å². The fraction of sp³-hybridized carbons (Fsp3) is 0.364. The van der Waals surface area contributed by atoms with Crippen molar-refractivity contribution in [3.8, 4) is 17.1 Å². The monoisotopic (exact) mass is 475 g/mol. The summed E-state index contributed by atoms with van der Waals surface area (Å²) in [4.78, 5) is 19.1. The van der Waals surface area contributed by atoms with Gasteiger partial charge >= 0.3 is 0 Å². The zero-order valence-corrected chi connectivity index (χ0v) is 19.7. The number of halogens is 2. The van der Waals surface area contributed by atoms with Crippen LogP contribution in [0.4, 0.5) is 0 Å². The summed E-state index contributed by atoms with van der Waals surface area (Å²) in [5.74, 6) is 1.07. The molecule has 0 spiro atoms. The lowest BCUT2D eigenvalue weighted by Crippen LogP contribution is -2.48. The summed E-state index contributed by atoms with van der Waals surface area (Å²) in [6.07, 6.45) is 6.68. The van der Waals surface area contributed by atoms with Crippen molar-refractivity contribution in [2.24, 2.45) is 0 Å². The highest BCUT2D eigenvalue weighted by Crippen LogP contribution is 2.32. The van der Waals surface area contributed by atoms with Gasteiger partial charge in [-0.1, -0.05) is 35.0 Å². The summed E-state index contributed by atoms with van der Waals surface area (Å²) in [6.45, 7) is 4.25. The Bertz CT molecular complexity index is 1070. The molecule has 0 saturated carbocycles. The summed E-state index contributed by atoms with van der Waals surface area (Å²) in [5.41, 5.74) is 1.64. The van der Waals surface area contributed by atoms with E-state index in [1.54, 1.807) is 24.5 Å². The van der Waals surface area contributed by atoms with Crippen molar-refractivity contribution in [1.29, 1.82) is 0 Å². The third kappa shape index (κ3) is 4.73. The normalized spacial score (nSPS) is 18.9. The van der Waals surface area contributed by atoms with Gasteiger partial charge in [0.1, 0.15) is 0 Å². The van der Waals surface area contributed by atoms with Crippen LogP contribution in [0.15, 0.2) is 47.9 Å². The fourth-order valence-corrected chi connectivity index (χ4v) is 5.14. The van der Waals surface area contributed by atoms with E-state index in [1.165, 1.54) is 18.2 Å². The van der Waals surface area contributed by atoms with Crippen molar-refractivity contribution in [1.82, 2.24) is 24.6 Å². The maximum atomic E-state index is 13.0. The summed E-state index contributed by atoms with van der Waals surface area (Å²) in [5, 5.41) is 10.3. The number of amides is 1. The molecule has 9 heteroatoms. The topological polar surface area (TPSA) is 63.9 Å². The van der Waals surface area contributed by atoms with Crippen LogP contribution >= 0.6 is 35.0 Å². The van der Waals surface area contributed by atoms with E-state index in [0.29, 0.717) is 26.8 Å². The van der Waals surface area contributed by atoms with E-state index in [4.69, 9.17) is 23.2 Å². The molecule has 3 aromatic rings. The molecular weight excluding hydrogens is 453 g/mol. The van der Waals surface area contributed by atoms with Crippen LogP contribution < -0.4 is 0 Å². The Morgan fingerprint density at radius 1 is 1.06 bits per heavy atom. The molecule has 1 saturated heterocycles. The summed E-state index contributed by atoms with van der Waals surface area (Å²) >= 11 is 13.8. The van der Waals surface area contributed by atoms with Crippen molar-refractivity contribution in [2.75, 3.05) is 5.75 Å². The maximum absolute atomic E-state index is 13.0. The molecule has 1 aliphatic rings. The van der Waals surface area contributed by atoms with Crippen LogP contribution in [0.3, 0.4) is 0 Å². The molecule has 31 heavy (non-hydrogen) atoms. The minimum absolute atomic E-state index is 0.124. The van der Waals surface area contributed by atoms with E-state index in [9.17, 15) is 4.79 Å². The molecule has 2 atom stereocenters. The van der Waals surface area contributed by atoms with Crippen molar-refractivity contribution in [3.63, 3.8) is 0 Å². The van der Waals surface area contributed by atoms with E-state index in [2.05, 4.69) is 29.0 Å². The van der Waals surface area contributed by atoms with Crippen LogP contribution in [0.2, 0.25) is 10.0 Å². The van der Waals surface area contributed by atoms with Crippen molar-refractivity contribution in [3.05, 3.63) is 52.8 Å². The van der Waals surface area contributed by atoms with Crippen LogP contribution in [0.1, 0.15) is 33.1 Å². The number of carbonyl (C=O) groups is 1. The molecule has 6 nitrogen and oxygen atoms in total. The van der Waals surface area contributed by atoms with Crippen LogP contribution in [0, 0.1) is 0 Å². The molecule has 0 bridgehead atoms. The minimum Gasteiger partial charge on any atom is -0.337 e. The second-order valence-corrected chi connectivity index (χ2v) is 9.45. The zero-order chi connectivity index (χ0) is 22.0. The minimum atomic E-state index is 0.124. The Morgan fingerprint density at radius 2 is 1.77 bits per heavy atom. The third-order valence-corrected chi connectivity index (χ3v) is 7.19. The fourth-order valence-electron chi connectivity index (χ4n) is 4.02. The number of pyridine rings is 1. The molecule has 3 heterocycles. The molecule has 1 aliphatic heterocycles. The predicted molar refractivity (Wildman–Crippen MR) is 125 cm³/mol. The molecule has 1 aromatic carbocycles. The summed E-state index contributed by atoms with van der Waals surface area (Å²) in [7, 11) is 0. The Balaban J connectivity index is 1.65. The number of likely N-dealkylation sites (tertiary alicyclic amines) is 1. The molecule has 1 fully saturated rings. The summed E-state index contributed by atoms with van der Waals surface area (Å²) < 4.78 is 1.90. The van der Waals surface area contributed by atoms with Gasteiger partial charge in [-0.3, -0.25) is 14.3 Å². The lowest BCUT2D eigenvalue weighted by molar-refractivity contribution is -0.134. The van der Waals surface area contributed by atoms with Crippen LogP contribution in [-0.2, 0) is 4.79 Å². The van der Waals surface area contributed by atoms with Gasteiger partial charge in [-0.15, -0.1) is 10.2 Å². The first-order valence-corrected chi connectivity index (χ1v) is 11.9. The van der Waals surface area contributed by atoms with E-state index in [1.807, 2.05) is 27.7 Å². The molecule has 2 aromatic heterocycles. The van der Waals surface area contributed by atoms with E-state index >= 15 is 0 Å². The van der Waals surface area contributed by atoms with Crippen LogP contribution in [0.25, 0.3) is 17.1 Å². The lowest BCUT2D eigenvalue weighted by atomic mass is 9.98. The van der Waals surface area contributed by atoms with E-state index in [-0.39, 0.29) is 18.0 Å². The van der Waals surface area contributed by atoms with Crippen LogP contribution in [-0.4, -0.2) is 48.4 Å². The van der Waals surface area contributed by atoms with E-state index < -0.39 is 0 Å². The number of nitrogens with zero attached hydrogens (tertiary/aromatic N) is 5. The second-order valence-electron chi connectivity index (χ2n) is 7.69. The standard InChI is InChI=1S/C22H23Cl2N5OS/c1-14-4-3-5-15(2)28(14)20(30)13-31-22-27-26-21(16-8-10-25-11-9-16)29(22)17-6-7-18(23)19(24)12-17/h6-12,14-15H,3-5,13H2,1-2H3. The number of hydrogen-bond acceptors (Lipinski definition) is 5. The molecule has 0 radical (unpaired) electrons. The maximum Gasteiger partial charge on any atom is 0.233 e. The first-order chi connectivity index (χ1) is 15.0. The average Bonchev–Trinajstić information content (AvgIpc) is 3.18. The molecule has 4 rings (SSSR count). The number of hydrogen-bond donors (Lipinski definition) is 0. The number of carbonyl (C=O) groups excluding carboxylic acids is 1. The first kappa shape index (κ1) is 22.1. The lowest BCUT2D eigenvalue weighted by Gasteiger charge is -2.39. The highest BCUT2D eigenvalue weighted by Gasteiger charge is 2.29. The molecule has 0 aliphatic carbocycles. The quantitative estimate of drug-likeness (QED) is 0.454. The number of piperidine rings is 1. The van der Waals surface area contributed by atoms with Gasteiger partial charge in [0.05, 0.1) is 21.5 Å². The molecule has 162 valence electrons. The van der Waals surface area contributed by atoms with Crippen LogP contribution in [0.5, 0.6) is 0 Å². The zero-order valence-electron chi connectivity index (χ0n) is 17.3. The molecule has 2 unspecified atom stereocenters. The van der Waals surface area contributed by atoms with E-state index in [0.717, 1.165) is 24.1 Å². The van der Waals surface area contributed by atoms with Gasteiger partial charge in [-0.05, 0) is 63.4 Å². The molecular formula is C22H23Cl2N5OS. The Kier molecular flexibility index (Phi) is 6.84. The summed E-state index contributed by atoms with van der Waals surface area (Å²) in [6, 6.07) is 9.64. The van der Waals surface area contributed by atoms with Crippen molar-refractivity contribution in [2.45, 2.75) is 50.4 Å². The first-order valence-electron chi connectivity index (χ1n) is 10.2. The Hall–Kier alpha value is -2.09. The SMILES string of the molecule is CC1CCCC(C)N1C(=O)CSc1nnc(-c2ccncc2)n1-c1ccc(Cl)c(Cl)c1. The molecule has 0 N–H and O–H groups in total.